The summed E-state index contributed by atoms with van der Waals surface area (Å²) >= 11 is 0. The van der Waals surface area contributed by atoms with Crippen LogP contribution in [0.2, 0.25) is 0 Å². The van der Waals surface area contributed by atoms with Crippen LogP contribution in [0, 0.1) is 0 Å². The highest BCUT2D eigenvalue weighted by Crippen LogP contribution is 1.88. The average Bonchev–Trinajstić information content (AvgIpc) is 2.33. The highest BCUT2D eigenvalue weighted by molar-refractivity contribution is 5.75. The van der Waals surface area contributed by atoms with Crippen LogP contribution in [0.1, 0.15) is 24.2 Å². The van der Waals surface area contributed by atoms with Gasteiger partial charge < -0.3 is 11.5 Å². The number of nitrogens with two attached hydrogens (primary N) is 2. The zero-order chi connectivity index (χ0) is 12.1. The van der Waals surface area contributed by atoms with Crippen molar-refractivity contribution < 1.29 is 9.59 Å². The number of pyridine rings is 1. The van der Waals surface area contributed by atoms with E-state index in [9.17, 15) is 9.59 Å². The summed E-state index contributed by atoms with van der Waals surface area (Å²) in [7, 11) is 0. The Hall–Kier alpha value is -1.75. The molecule has 0 bridgehead atoms. The number of nitrogens with zero attached hydrogens (tertiary/aromatic N) is 1. The van der Waals surface area contributed by atoms with E-state index in [0.717, 1.165) is 6.29 Å². The molecule has 1 rings (SSSR count). The molecular weight excluding hydrogens is 194 g/mol. The molecule has 0 fully saturated rings. The Labute approximate surface area is 89.5 Å². The van der Waals surface area contributed by atoms with E-state index in [4.69, 9.17) is 5.73 Å². The average molecular weight is 211 g/mol. The van der Waals surface area contributed by atoms with Crippen LogP contribution >= 0.6 is 0 Å². The molecule has 0 aliphatic rings. The first-order valence-electron chi connectivity index (χ1n) is 4.54. The summed E-state index contributed by atoms with van der Waals surface area (Å²) in [5.74, 6) is -0.468. The van der Waals surface area contributed by atoms with Crippen LogP contribution in [0.15, 0.2) is 24.5 Å². The molecule has 0 spiro atoms. The fraction of sp³-hybridized carbons (Fsp3) is 0.300. The van der Waals surface area contributed by atoms with E-state index in [1.54, 1.807) is 24.5 Å². The van der Waals surface area contributed by atoms with Crippen LogP contribution in [0.4, 0.5) is 0 Å². The highest BCUT2D eigenvalue weighted by atomic mass is 16.1. The van der Waals surface area contributed by atoms with E-state index in [1.165, 1.54) is 0 Å². The second-order valence-electron chi connectivity index (χ2n) is 2.07. The number of hydrogen-bond donors (Lipinski definition) is 2. The Kier molecular flexibility index (Phi) is 12.8. The largest absolute Gasteiger partial charge is 0.369 e. The van der Waals surface area contributed by atoms with Gasteiger partial charge in [-0.15, -0.1) is 0 Å². The van der Waals surface area contributed by atoms with Crippen LogP contribution in [0.5, 0.6) is 0 Å². The Balaban J connectivity index is 0. The summed E-state index contributed by atoms with van der Waals surface area (Å²) in [6, 6.07) is 3.32. The van der Waals surface area contributed by atoms with Crippen LogP contribution in [-0.2, 0) is 4.79 Å². The molecular formula is C10H17N3O2. The molecule has 1 aromatic heterocycles. The first kappa shape index (κ1) is 15.7. The lowest BCUT2D eigenvalue weighted by atomic mass is 10.3. The Morgan fingerprint density at radius 3 is 2.00 bits per heavy atom. The quantitative estimate of drug-likeness (QED) is 0.689. The van der Waals surface area contributed by atoms with Crippen molar-refractivity contribution >= 4 is 12.2 Å². The fourth-order valence-corrected chi connectivity index (χ4v) is 0.442. The molecule has 84 valence electrons. The predicted molar refractivity (Wildman–Crippen MR) is 59.2 cm³/mol. The van der Waals surface area contributed by atoms with E-state index >= 15 is 0 Å². The van der Waals surface area contributed by atoms with Crippen molar-refractivity contribution in [1.29, 1.82) is 0 Å². The third-order valence-corrected chi connectivity index (χ3v) is 1.04. The van der Waals surface area contributed by atoms with Crippen molar-refractivity contribution in [3.8, 4) is 0 Å². The van der Waals surface area contributed by atoms with Crippen molar-refractivity contribution in [2.45, 2.75) is 13.8 Å². The van der Waals surface area contributed by atoms with Gasteiger partial charge in [0.05, 0.1) is 6.54 Å². The van der Waals surface area contributed by atoms with Gasteiger partial charge in [-0.2, -0.15) is 0 Å². The van der Waals surface area contributed by atoms with Gasteiger partial charge in [-0.05, 0) is 12.1 Å². The lowest BCUT2D eigenvalue weighted by Gasteiger charge is -1.81. The van der Waals surface area contributed by atoms with Gasteiger partial charge in [0.15, 0.2) is 0 Å². The first-order chi connectivity index (χ1) is 7.20. The number of primary amides is 1. The van der Waals surface area contributed by atoms with E-state index in [-0.39, 0.29) is 6.54 Å². The van der Waals surface area contributed by atoms with Crippen LogP contribution in [-0.4, -0.2) is 23.7 Å². The molecule has 1 heterocycles. The predicted octanol–water partition coefficient (Wildman–Crippen LogP) is 0.351. The summed E-state index contributed by atoms with van der Waals surface area (Å²) in [6.45, 7) is 3.94. The Morgan fingerprint density at radius 2 is 1.80 bits per heavy atom. The lowest BCUT2D eigenvalue weighted by Crippen LogP contribution is -2.21. The van der Waals surface area contributed by atoms with E-state index in [2.05, 4.69) is 10.7 Å². The van der Waals surface area contributed by atoms with Gasteiger partial charge in [-0.1, -0.05) is 13.8 Å². The minimum Gasteiger partial charge on any atom is -0.369 e. The lowest BCUT2D eigenvalue weighted by molar-refractivity contribution is -0.116. The molecule has 5 heteroatoms. The molecule has 0 atom stereocenters. The standard InChI is InChI=1S/C6H5NO.C2H6N2O.C2H6/c8-5-6-1-3-7-4-2-6;3-1-2(4)5;1-2/h1-5H;1,3H2,(H2,4,5);1-2H3. The molecule has 5 nitrogen and oxygen atoms in total. The second kappa shape index (κ2) is 12.2. The minimum absolute atomic E-state index is 0.0556. The van der Waals surface area contributed by atoms with Crippen molar-refractivity contribution in [1.82, 2.24) is 4.98 Å². The molecule has 0 aromatic carbocycles. The fourth-order valence-electron chi connectivity index (χ4n) is 0.442. The number of aromatic nitrogens is 1. The van der Waals surface area contributed by atoms with Gasteiger partial charge >= 0.3 is 0 Å². The van der Waals surface area contributed by atoms with E-state index in [0.29, 0.717) is 5.56 Å². The monoisotopic (exact) mass is 211 g/mol. The van der Waals surface area contributed by atoms with Crippen LogP contribution in [0.3, 0.4) is 0 Å². The van der Waals surface area contributed by atoms with Gasteiger partial charge in [0.1, 0.15) is 6.29 Å². The molecule has 4 N–H and O–H groups in total. The van der Waals surface area contributed by atoms with E-state index in [1.807, 2.05) is 13.8 Å². The Morgan fingerprint density at radius 1 is 1.40 bits per heavy atom. The molecule has 0 unspecified atom stereocenters. The summed E-state index contributed by atoms with van der Waals surface area (Å²) in [6.07, 6.45) is 3.97. The first-order valence-corrected chi connectivity index (χ1v) is 4.54. The molecule has 0 aliphatic carbocycles. The normalized spacial score (nSPS) is 7.40. The van der Waals surface area contributed by atoms with Gasteiger partial charge in [0.25, 0.3) is 0 Å². The van der Waals surface area contributed by atoms with Crippen LogP contribution < -0.4 is 11.5 Å². The van der Waals surface area contributed by atoms with Gasteiger partial charge in [0, 0.05) is 18.0 Å². The van der Waals surface area contributed by atoms with Crippen molar-refractivity contribution in [2.24, 2.45) is 11.5 Å². The maximum Gasteiger partial charge on any atom is 0.231 e. The number of rotatable bonds is 2. The molecule has 1 amide bonds. The summed E-state index contributed by atoms with van der Waals surface area (Å²) < 4.78 is 0. The maximum absolute atomic E-state index is 9.98. The third-order valence-electron chi connectivity index (χ3n) is 1.04. The third kappa shape index (κ3) is 12.2. The summed E-state index contributed by atoms with van der Waals surface area (Å²) in [5.41, 5.74) is 9.89. The van der Waals surface area contributed by atoms with Crippen molar-refractivity contribution in [2.75, 3.05) is 6.54 Å². The second-order valence-corrected chi connectivity index (χ2v) is 2.07. The molecule has 0 aliphatic heterocycles. The van der Waals surface area contributed by atoms with Crippen LogP contribution in [0.25, 0.3) is 0 Å². The number of amides is 1. The maximum atomic E-state index is 9.98. The van der Waals surface area contributed by atoms with Gasteiger partial charge in [-0.25, -0.2) is 0 Å². The number of hydrogen-bond acceptors (Lipinski definition) is 4. The summed E-state index contributed by atoms with van der Waals surface area (Å²) in [5, 5.41) is 0. The zero-order valence-electron chi connectivity index (χ0n) is 9.01. The number of carbonyl (C=O) groups is 2. The topological polar surface area (TPSA) is 99.1 Å². The van der Waals surface area contributed by atoms with Gasteiger partial charge in [0.2, 0.25) is 5.91 Å². The molecule has 0 radical (unpaired) electrons. The molecule has 0 saturated carbocycles. The minimum atomic E-state index is -0.468. The smallest absolute Gasteiger partial charge is 0.231 e. The highest BCUT2D eigenvalue weighted by Gasteiger charge is 1.80. The summed E-state index contributed by atoms with van der Waals surface area (Å²) in [4.78, 5) is 23.2. The SMILES string of the molecule is CC.NCC(N)=O.O=Cc1ccncc1. The van der Waals surface area contributed by atoms with Crippen molar-refractivity contribution in [3.05, 3.63) is 30.1 Å². The molecule has 0 saturated heterocycles. The van der Waals surface area contributed by atoms with Gasteiger partial charge in [-0.3, -0.25) is 14.6 Å². The Bertz CT molecular complexity index is 263. The molecule has 15 heavy (non-hydrogen) atoms. The molecule has 1 aromatic rings. The number of aldehydes is 1. The van der Waals surface area contributed by atoms with Crippen molar-refractivity contribution in [3.63, 3.8) is 0 Å². The van der Waals surface area contributed by atoms with E-state index < -0.39 is 5.91 Å². The zero-order valence-corrected chi connectivity index (χ0v) is 9.01. The number of carbonyl (C=O) groups excluding carboxylic acids is 2.